The Kier molecular flexibility index (Phi) is 5.25. The molecule has 6 heteroatoms. The summed E-state index contributed by atoms with van der Waals surface area (Å²) in [7, 11) is 0. The zero-order chi connectivity index (χ0) is 18.6. The minimum absolute atomic E-state index is 0.0222. The minimum atomic E-state index is -0.161. The third-order valence-corrected chi connectivity index (χ3v) is 5.32. The molecule has 1 atom stereocenters. The lowest BCUT2D eigenvalue weighted by molar-refractivity contribution is -0.123. The molecule has 3 heterocycles. The monoisotopic (exact) mass is 367 g/mol. The van der Waals surface area contributed by atoms with Gasteiger partial charge in [0.2, 0.25) is 5.91 Å². The van der Waals surface area contributed by atoms with Gasteiger partial charge in [0.25, 0.3) is 5.88 Å². The number of amides is 1. The van der Waals surface area contributed by atoms with Gasteiger partial charge in [0.15, 0.2) is 5.75 Å². The van der Waals surface area contributed by atoms with Gasteiger partial charge in [-0.25, -0.2) is 4.98 Å². The summed E-state index contributed by atoms with van der Waals surface area (Å²) in [6.07, 6.45) is 4.21. The standard InChI is InChI=1S/C21H25N3O3/c22-20(25)17-7-10-24(11-8-17)13-16-5-3-15(4-6-16)12-18-14-26-19-2-1-9-23-21(19)27-18/h1-6,9,17-18H,7-8,10-14H2,(H2,22,25). The molecule has 142 valence electrons. The predicted octanol–water partition coefficient (Wildman–Crippen LogP) is 2.16. The Morgan fingerprint density at radius 3 is 2.63 bits per heavy atom. The first-order valence-electron chi connectivity index (χ1n) is 9.51. The zero-order valence-electron chi connectivity index (χ0n) is 15.3. The highest BCUT2D eigenvalue weighted by Gasteiger charge is 2.24. The molecule has 6 nitrogen and oxygen atoms in total. The Morgan fingerprint density at radius 2 is 1.89 bits per heavy atom. The smallest absolute Gasteiger partial charge is 0.257 e. The molecule has 1 unspecified atom stereocenters. The van der Waals surface area contributed by atoms with Gasteiger partial charge < -0.3 is 15.2 Å². The van der Waals surface area contributed by atoms with Crippen LogP contribution in [0, 0.1) is 5.92 Å². The van der Waals surface area contributed by atoms with Crippen molar-refractivity contribution in [3.05, 3.63) is 53.7 Å². The molecule has 0 saturated carbocycles. The summed E-state index contributed by atoms with van der Waals surface area (Å²) in [6.45, 7) is 3.30. The number of carbonyl (C=O) groups excluding carboxylic acids is 1. The van der Waals surface area contributed by atoms with Gasteiger partial charge in [-0.1, -0.05) is 24.3 Å². The number of pyridine rings is 1. The Balaban J connectivity index is 1.29. The Hall–Kier alpha value is -2.60. The van der Waals surface area contributed by atoms with E-state index in [0.717, 1.165) is 38.9 Å². The Labute approximate surface area is 159 Å². The number of fused-ring (bicyclic) bond motifs is 1. The molecule has 0 radical (unpaired) electrons. The number of benzene rings is 1. The molecular formula is C21H25N3O3. The number of rotatable bonds is 5. The first-order chi connectivity index (χ1) is 13.2. The van der Waals surface area contributed by atoms with E-state index in [1.807, 2.05) is 12.1 Å². The summed E-state index contributed by atoms with van der Waals surface area (Å²) in [5, 5.41) is 0. The van der Waals surface area contributed by atoms with E-state index in [9.17, 15) is 4.79 Å². The number of aromatic nitrogens is 1. The number of hydrogen-bond donors (Lipinski definition) is 1. The second kappa shape index (κ2) is 7.96. The van der Waals surface area contributed by atoms with Gasteiger partial charge >= 0.3 is 0 Å². The summed E-state index contributed by atoms with van der Waals surface area (Å²) < 4.78 is 11.7. The van der Waals surface area contributed by atoms with Crippen LogP contribution in [0.5, 0.6) is 11.6 Å². The molecule has 2 aliphatic heterocycles. The third kappa shape index (κ3) is 4.39. The minimum Gasteiger partial charge on any atom is -0.484 e. The van der Waals surface area contributed by atoms with Crippen LogP contribution in [0.15, 0.2) is 42.6 Å². The molecule has 27 heavy (non-hydrogen) atoms. The highest BCUT2D eigenvalue weighted by Crippen LogP contribution is 2.29. The van der Waals surface area contributed by atoms with Crippen LogP contribution in [-0.2, 0) is 17.8 Å². The van der Waals surface area contributed by atoms with E-state index in [-0.39, 0.29) is 17.9 Å². The van der Waals surface area contributed by atoms with Crippen molar-refractivity contribution >= 4 is 5.91 Å². The van der Waals surface area contributed by atoms with E-state index >= 15 is 0 Å². The lowest BCUT2D eigenvalue weighted by atomic mass is 9.96. The van der Waals surface area contributed by atoms with Crippen molar-refractivity contribution in [3.63, 3.8) is 0 Å². The SMILES string of the molecule is NC(=O)C1CCN(Cc2ccc(CC3COc4cccnc4O3)cc2)CC1. The second-order valence-electron chi connectivity index (χ2n) is 7.33. The second-order valence-corrected chi connectivity index (χ2v) is 7.33. The number of ether oxygens (including phenoxy) is 2. The van der Waals surface area contributed by atoms with E-state index < -0.39 is 0 Å². The van der Waals surface area contributed by atoms with Gasteiger partial charge in [-0.2, -0.15) is 0 Å². The molecule has 4 rings (SSSR count). The Morgan fingerprint density at radius 1 is 1.15 bits per heavy atom. The fourth-order valence-electron chi connectivity index (χ4n) is 3.73. The molecule has 1 saturated heterocycles. The van der Waals surface area contributed by atoms with Gasteiger partial charge in [0.05, 0.1) is 0 Å². The van der Waals surface area contributed by atoms with Crippen molar-refractivity contribution in [2.45, 2.75) is 31.9 Å². The number of nitrogens with two attached hydrogens (primary N) is 1. The first kappa shape index (κ1) is 17.8. The van der Waals surface area contributed by atoms with Gasteiger partial charge in [-0.3, -0.25) is 9.69 Å². The summed E-state index contributed by atoms with van der Waals surface area (Å²) in [5.74, 6) is 1.17. The molecule has 1 amide bonds. The fourth-order valence-corrected chi connectivity index (χ4v) is 3.73. The third-order valence-electron chi connectivity index (χ3n) is 5.32. The maximum Gasteiger partial charge on any atom is 0.257 e. The molecule has 2 aromatic rings. The quantitative estimate of drug-likeness (QED) is 0.876. The molecular weight excluding hydrogens is 342 g/mol. The number of primary amides is 1. The molecule has 2 N–H and O–H groups in total. The average molecular weight is 367 g/mol. The highest BCUT2D eigenvalue weighted by atomic mass is 16.6. The lowest BCUT2D eigenvalue weighted by Crippen LogP contribution is -2.38. The normalized spacial score (nSPS) is 20.4. The van der Waals surface area contributed by atoms with E-state index in [2.05, 4.69) is 34.1 Å². The topological polar surface area (TPSA) is 77.7 Å². The fraction of sp³-hybridized carbons (Fsp3) is 0.429. The van der Waals surface area contributed by atoms with E-state index in [1.165, 1.54) is 11.1 Å². The molecule has 2 aliphatic rings. The number of carbonyl (C=O) groups is 1. The van der Waals surface area contributed by atoms with E-state index in [0.29, 0.717) is 18.2 Å². The van der Waals surface area contributed by atoms with Crippen LogP contribution in [0.25, 0.3) is 0 Å². The molecule has 0 spiro atoms. The number of nitrogens with zero attached hydrogens (tertiary/aromatic N) is 2. The van der Waals surface area contributed by atoms with E-state index in [4.69, 9.17) is 15.2 Å². The first-order valence-corrected chi connectivity index (χ1v) is 9.51. The number of likely N-dealkylation sites (tertiary alicyclic amines) is 1. The number of piperidine rings is 1. The van der Waals surface area contributed by atoms with Gasteiger partial charge in [-0.15, -0.1) is 0 Å². The van der Waals surface area contributed by atoms with Crippen LogP contribution >= 0.6 is 0 Å². The largest absolute Gasteiger partial charge is 0.484 e. The van der Waals surface area contributed by atoms with Gasteiger partial charge in [0, 0.05) is 25.1 Å². The van der Waals surface area contributed by atoms with Crippen LogP contribution < -0.4 is 15.2 Å². The van der Waals surface area contributed by atoms with Crippen molar-refractivity contribution in [3.8, 4) is 11.6 Å². The lowest BCUT2D eigenvalue weighted by Gasteiger charge is -2.30. The molecule has 0 bridgehead atoms. The van der Waals surface area contributed by atoms with E-state index in [1.54, 1.807) is 6.20 Å². The molecule has 0 aliphatic carbocycles. The van der Waals surface area contributed by atoms with Crippen LogP contribution in [-0.4, -0.2) is 41.6 Å². The van der Waals surface area contributed by atoms with Crippen molar-refractivity contribution in [1.82, 2.24) is 9.88 Å². The van der Waals surface area contributed by atoms with Crippen LogP contribution in [0.1, 0.15) is 24.0 Å². The zero-order valence-corrected chi connectivity index (χ0v) is 15.3. The summed E-state index contributed by atoms with van der Waals surface area (Å²) in [6, 6.07) is 12.4. The summed E-state index contributed by atoms with van der Waals surface area (Å²) in [4.78, 5) is 17.9. The maximum atomic E-state index is 11.3. The van der Waals surface area contributed by atoms with Crippen molar-refractivity contribution < 1.29 is 14.3 Å². The van der Waals surface area contributed by atoms with Gasteiger partial charge in [0.1, 0.15) is 12.7 Å². The highest BCUT2D eigenvalue weighted by molar-refractivity contribution is 5.76. The molecule has 1 fully saturated rings. The van der Waals surface area contributed by atoms with Gasteiger partial charge in [-0.05, 0) is 49.2 Å². The summed E-state index contributed by atoms with van der Waals surface area (Å²) in [5.41, 5.74) is 7.91. The predicted molar refractivity (Wildman–Crippen MR) is 101 cm³/mol. The van der Waals surface area contributed by atoms with Crippen LogP contribution in [0.2, 0.25) is 0 Å². The Bertz CT molecular complexity index is 786. The van der Waals surface area contributed by atoms with Crippen molar-refractivity contribution in [2.24, 2.45) is 11.7 Å². The van der Waals surface area contributed by atoms with Crippen LogP contribution in [0.4, 0.5) is 0 Å². The molecule has 1 aromatic heterocycles. The average Bonchev–Trinajstić information content (AvgIpc) is 2.70. The van der Waals surface area contributed by atoms with Crippen molar-refractivity contribution in [2.75, 3.05) is 19.7 Å². The van der Waals surface area contributed by atoms with Crippen LogP contribution in [0.3, 0.4) is 0 Å². The summed E-state index contributed by atoms with van der Waals surface area (Å²) >= 11 is 0. The maximum absolute atomic E-state index is 11.3. The molecule has 1 aromatic carbocycles. The number of hydrogen-bond acceptors (Lipinski definition) is 5. The van der Waals surface area contributed by atoms with Crippen molar-refractivity contribution in [1.29, 1.82) is 0 Å².